The largest absolute Gasteiger partial charge is 0.489 e. The maximum atomic E-state index is 10.7. The van der Waals surface area contributed by atoms with E-state index in [0.717, 1.165) is 22.2 Å². The van der Waals surface area contributed by atoms with Gasteiger partial charge in [0.25, 0.3) is 0 Å². The van der Waals surface area contributed by atoms with Gasteiger partial charge in [-0.15, -0.1) is 0 Å². The molecule has 0 bridgehead atoms. The number of fused-ring (bicyclic) bond motifs is 3. The van der Waals surface area contributed by atoms with Crippen molar-refractivity contribution in [1.29, 1.82) is 0 Å². The molecule has 0 spiro atoms. The first-order chi connectivity index (χ1) is 9.66. The zero-order chi connectivity index (χ0) is 14.1. The summed E-state index contributed by atoms with van der Waals surface area (Å²) in [5.74, 6) is 0.139. The maximum absolute atomic E-state index is 10.7. The molecule has 1 N–H and O–H groups in total. The molecule has 4 nitrogen and oxygen atoms in total. The fraction of sp³-hybridized carbons (Fsp3) is 0.312. The lowest BCUT2D eigenvalue weighted by Crippen LogP contribution is -2.40. The number of ether oxygens (including phenoxy) is 1. The fourth-order valence-electron chi connectivity index (χ4n) is 2.72. The highest BCUT2D eigenvalue weighted by Crippen LogP contribution is 2.39. The van der Waals surface area contributed by atoms with Gasteiger partial charge in [0.1, 0.15) is 6.61 Å². The molecule has 20 heavy (non-hydrogen) atoms. The van der Waals surface area contributed by atoms with Crippen molar-refractivity contribution in [2.45, 2.75) is 18.9 Å². The van der Waals surface area contributed by atoms with Crippen molar-refractivity contribution in [2.75, 3.05) is 18.6 Å². The second-order valence-electron chi connectivity index (χ2n) is 5.14. The first kappa shape index (κ1) is 12.8. The van der Waals surface area contributed by atoms with Gasteiger partial charge in [-0.05, 0) is 17.9 Å². The molecule has 3 rings (SSSR count). The van der Waals surface area contributed by atoms with Crippen molar-refractivity contribution in [2.24, 2.45) is 0 Å². The lowest BCUT2D eigenvalue weighted by molar-refractivity contribution is -0.137. The van der Waals surface area contributed by atoms with Gasteiger partial charge in [-0.2, -0.15) is 0 Å². The van der Waals surface area contributed by atoms with Crippen LogP contribution in [0.5, 0.6) is 5.75 Å². The van der Waals surface area contributed by atoms with E-state index < -0.39 is 5.97 Å². The van der Waals surface area contributed by atoms with Crippen LogP contribution in [0.25, 0.3) is 10.8 Å². The van der Waals surface area contributed by atoms with Crippen LogP contribution in [0, 0.1) is 0 Å². The molecule has 104 valence electrons. The molecule has 0 saturated heterocycles. The zero-order valence-electron chi connectivity index (χ0n) is 11.4. The van der Waals surface area contributed by atoms with Crippen LogP contribution in [-0.2, 0) is 4.79 Å². The SMILES string of the molecule is CN1c2ccc3ccccc3c2OCC1CCC(=O)O. The summed E-state index contributed by atoms with van der Waals surface area (Å²) in [6.07, 6.45) is 0.763. The summed E-state index contributed by atoms with van der Waals surface area (Å²) in [4.78, 5) is 12.8. The summed E-state index contributed by atoms with van der Waals surface area (Å²) in [5, 5.41) is 11.1. The molecule has 0 radical (unpaired) electrons. The van der Waals surface area contributed by atoms with Crippen molar-refractivity contribution in [1.82, 2.24) is 0 Å². The molecule has 0 fully saturated rings. The van der Waals surface area contributed by atoms with Crippen LogP contribution in [-0.4, -0.2) is 30.8 Å². The van der Waals surface area contributed by atoms with Gasteiger partial charge in [0, 0.05) is 18.9 Å². The zero-order valence-corrected chi connectivity index (χ0v) is 11.4. The van der Waals surface area contributed by atoms with E-state index in [1.54, 1.807) is 0 Å². The molecule has 0 saturated carbocycles. The minimum atomic E-state index is -0.761. The smallest absolute Gasteiger partial charge is 0.303 e. The number of hydrogen-bond acceptors (Lipinski definition) is 3. The third-order valence-electron chi connectivity index (χ3n) is 3.90. The Labute approximate surface area is 117 Å². The summed E-state index contributed by atoms with van der Waals surface area (Å²) in [7, 11) is 2.00. The number of carboxylic acids is 1. The van der Waals surface area contributed by atoms with Gasteiger partial charge in [0.2, 0.25) is 0 Å². The minimum Gasteiger partial charge on any atom is -0.489 e. The van der Waals surface area contributed by atoms with Gasteiger partial charge in [-0.25, -0.2) is 0 Å². The fourth-order valence-corrected chi connectivity index (χ4v) is 2.72. The Bertz CT molecular complexity index is 653. The summed E-state index contributed by atoms with van der Waals surface area (Å²) in [5.41, 5.74) is 1.03. The van der Waals surface area contributed by atoms with E-state index in [1.165, 1.54) is 0 Å². The predicted octanol–water partition coefficient (Wildman–Crippen LogP) is 2.90. The van der Waals surface area contributed by atoms with Crippen molar-refractivity contribution < 1.29 is 14.6 Å². The van der Waals surface area contributed by atoms with Gasteiger partial charge < -0.3 is 14.7 Å². The van der Waals surface area contributed by atoms with Crippen LogP contribution in [0.15, 0.2) is 36.4 Å². The van der Waals surface area contributed by atoms with E-state index in [4.69, 9.17) is 9.84 Å². The molecular weight excluding hydrogens is 254 g/mol. The lowest BCUT2D eigenvalue weighted by atomic mass is 10.0. The Morgan fingerprint density at radius 2 is 2.15 bits per heavy atom. The van der Waals surface area contributed by atoms with E-state index in [-0.39, 0.29) is 12.5 Å². The van der Waals surface area contributed by atoms with Gasteiger partial charge in [0.15, 0.2) is 5.75 Å². The molecule has 1 unspecified atom stereocenters. The number of carboxylic acid groups (broad SMARTS) is 1. The van der Waals surface area contributed by atoms with Gasteiger partial charge in [0.05, 0.1) is 11.7 Å². The lowest BCUT2D eigenvalue weighted by Gasteiger charge is -2.36. The average molecular weight is 271 g/mol. The van der Waals surface area contributed by atoms with Gasteiger partial charge in [-0.1, -0.05) is 30.3 Å². The number of rotatable bonds is 3. The normalized spacial score (nSPS) is 17.6. The quantitative estimate of drug-likeness (QED) is 0.932. The Morgan fingerprint density at radius 3 is 2.95 bits per heavy atom. The third-order valence-corrected chi connectivity index (χ3v) is 3.90. The van der Waals surface area contributed by atoms with Crippen LogP contribution in [0.3, 0.4) is 0 Å². The van der Waals surface area contributed by atoms with Crippen LogP contribution < -0.4 is 9.64 Å². The Hall–Kier alpha value is -2.23. The van der Waals surface area contributed by atoms with Crippen LogP contribution in [0.2, 0.25) is 0 Å². The monoisotopic (exact) mass is 271 g/mol. The summed E-state index contributed by atoms with van der Waals surface area (Å²) in [6.45, 7) is 0.533. The summed E-state index contributed by atoms with van der Waals surface area (Å²) in [6, 6.07) is 12.4. The topological polar surface area (TPSA) is 49.8 Å². The minimum absolute atomic E-state index is 0.111. The highest BCUT2D eigenvalue weighted by molar-refractivity contribution is 5.94. The molecule has 1 heterocycles. The molecule has 2 aromatic rings. The van der Waals surface area contributed by atoms with Gasteiger partial charge in [-0.3, -0.25) is 4.79 Å². The first-order valence-corrected chi connectivity index (χ1v) is 6.76. The third kappa shape index (κ3) is 2.18. The van der Waals surface area contributed by atoms with Crippen molar-refractivity contribution in [3.05, 3.63) is 36.4 Å². The molecule has 1 aliphatic rings. The summed E-state index contributed by atoms with van der Waals surface area (Å²) < 4.78 is 5.92. The number of nitrogens with zero attached hydrogens (tertiary/aromatic N) is 1. The number of anilines is 1. The number of hydrogen-bond donors (Lipinski definition) is 1. The highest BCUT2D eigenvalue weighted by Gasteiger charge is 2.26. The number of likely N-dealkylation sites (N-methyl/N-ethyl adjacent to an activating group) is 1. The molecule has 1 atom stereocenters. The molecule has 0 amide bonds. The van der Waals surface area contributed by atoms with Crippen molar-refractivity contribution in [3.8, 4) is 5.75 Å². The molecule has 0 aromatic heterocycles. The van der Waals surface area contributed by atoms with Gasteiger partial charge >= 0.3 is 5.97 Å². The second kappa shape index (κ2) is 5.04. The van der Waals surface area contributed by atoms with Crippen LogP contribution >= 0.6 is 0 Å². The van der Waals surface area contributed by atoms with Crippen LogP contribution in [0.1, 0.15) is 12.8 Å². The van der Waals surface area contributed by atoms with E-state index in [9.17, 15) is 4.79 Å². The van der Waals surface area contributed by atoms with E-state index >= 15 is 0 Å². The molecule has 4 heteroatoms. The molecular formula is C16H17NO3. The average Bonchev–Trinajstić information content (AvgIpc) is 2.46. The van der Waals surface area contributed by atoms with E-state index in [0.29, 0.717) is 13.0 Å². The Kier molecular flexibility index (Phi) is 3.22. The Balaban J connectivity index is 1.94. The predicted molar refractivity (Wildman–Crippen MR) is 78.5 cm³/mol. The number of carbonyl (C=O) groups is 1. The Morgan fingerprint density at radius 1 is 1.35 bits per heavy atom. The van der Waals surface area contributed by atoms with Crippen LogP contribution in [0.4, 0.5) is 5.69 Å². The number of aliphatic carboxylic acids is 1. The maximum Gasteiger partial charge on any atom is 0.303 e. The standard InChI is InChI=1S/C16H17NO3/c1-17-12(7-9-15(18)19)10-20-16-13-5-3-2-4-11(13)6-8-14(16)17/h2-6,8,12H,7,9-10H2,1H3,(H,18,19). The molecule has 2 aromatic carbocycles. The summed E-state index contributed by atoms with van der Waals surface area (Å²) >= 11 is 0. The van der Waals surface area contributed by atoms with E-state index in [2.05, 4.69) is 23.1 Å². The molecule has 0 aliphatic carbocycles. The van der Waals surface area contributed by atoms with Crippen molar-refractivity contribution >= 4 is 22.4 Å². The second-order valence-corrected chi connectivity index (χ2v) is 5.14. The molecule has 1 aliphatic heterocycles. The van der Waals surface area contributed by atoms with Crippen molar-refractivity contribution in [3.63, 3.8) is 0 Å². The van der Waals surface area contributed by atoms with E-state index in [1.807, 2.05) is 25.2 Å². The highest BCUT2D eigenvalue weighted by atomic mass is 16.5. The first-order valence-electron chi connectivity index (χ1n) is 6.76. The number of benzene rings is 2.